The zero-order valence-electron chi connectivity index (χ0n) is 10.2. The summed E-state index contributed by atoms with van der Waals surface area (Å²) in [6.45, 7) is 2.93. The Bertz CT molecular complexity index is 546. The fourth-order valence-electron chi connectivity index (χ4n) is 1.32. The summed E-state index contributed by atoms with van der Waals surface area (Å²) < 4.78 is 25.7. The van der Waals surface area contributed by atoms with Crippen LogP contribution in [0.1, 0.15) is 18.9 Å². The second-order valence-corrected chi connectivity index (χ2v) is 4.79. The Morgan fingerprint density at radius 2 is 2.11 bits per heavy atom. The molecule has 0 spiro atoms. The summed E-state index contributed by atoms with van der Waals surface area (Å²) in [5.41, 5.74) is 0.678. The first-order valence-electron chi connectivity index (χ1n) is 5.16. The van der Waals surface area contributed by atoms with Crippen LogP contribution in [0.15, 0.2) is 12.1 Å². The predicted molar refractivity (Wildman–Crippen MR) is 69.7 cm³/mol. The van der Waals surface area contributed by atoms with Gasteiger partial charge in [0.05, 0.1) is 12.1 Å². The number of hydrogen-bond acceptors (Lipinski definition) is 5. The molecule has 0 aromatic heterocycles. The topological polar surface area (TPSA) is 95.5 Å². The minimum Gasteiger partial charge on any atom is -0.740 e. The normalized spacial score (nSPS) is 11.8. The monoisotopic (exact) mass is 304 g/mol. The van der Waals surface area contributed by atoms with Crippen LogP contribution in [0.2, 0.25) is 5.02 Å². The van der Waals surface area contributed by atoms with Gasteiger partial charge in [-0.3, -0.25) is 9.59 Å². The number of halogens is 1. The van der Waals surface area contributed by atoms with Gasteiger partial charge in [0.25, 0.3) is 0 Å². The van der Waals surface area contributed by atoms with E-state index in [1.807, 2.05) is 0 Å². The molecule has 1 aromatic rings. The highest BCUT2D eigenvalue weighted by Gasteiger charge is 2.12. The fraction of sp³-hybridized carbons (Fsp3) is 0.273. The molecule has 1 amide bonds. The number of carbonyl (C=O) groups excluding carboxylic acids is 2. The van der Waals surface area contributed by atoms with Crippen molar-refractivity contribution in [1.29, 1.82) is 0 Å². The predicted octanol–water partition coefficient (Wildman–Crippen LogP) is 1.74. The van der Waals surface area contributed by atoms with Crippen LogP contribution in [0.3, 0.4) is 0 Å². The van der Waals surface area contributed by atoms with Crippen molar-refractivity contribution in [3.05, 3.63) is 22.7 Å². The number of amides is 1. The molecule has 1 atom stereocenters. The van der Waals surface area contributed by atoms with Gasteiger partial charge in [-0.25, -0.2) is 4.21 Å². The van der Waals surface area contributed by atoms with Gasteiger partial charge in [-0.1, -0.05) is 11.6 Å². The van der Waals surface area contributed by atoms with Gasteiger partial charge in [0.2, 0.25) is 5.91 Å². The molecule has 0 heterocycles. The highest BCUT2D eigenvalue weighted by atomic mass is 35.5. The van der Waals surface area contributed by atoms with E-state index in [-0.39, 0.29) is 23.6 Å². The van der Waals surface area contributed by atoms with Gasteiger partial charge < -0.3 is 14.1 Å². The third kappa shape index (κ3) is 4.98. The number of ketones is 1. The maximum absolute atomic E-state index is 11.5. The number of hydrogen-bond donors (Lipinski definition) is 1. The molecule has 0 aliphatic carbocycles. The molecule has 6 nitrogen and oxygen atoms in total. The zero-order valence-corrected chi connectivity index (χ0v) is 11.8. The summed E-state index contributed by atoms with van der Waals surface area (Å²) in [6, 6.07) is 2.73. The Morgan fingerprint density at radius 1 is 1.47 bits per heavy atom. The average Bonchev–Trinajstić information content (AvgIpc) is 2.23. The molecule has 0 radical (unpaired) electrons. The smallest absolute Gasteiger partial charge is 0.231 e. The summed E-state index contributed by atoms with van der Waals surface area (Å²) >= 11 is 3.11. The van der Waals surface area contributed by atoms with Crippen LogP contribution < -0.4 is 9.50 Å². The molecule has 0 bridgehead atoms. The van der Waals surface area contributed by atoms with Crippen molar-refractivity contribution < 1.29 is 22.5 Å². The standard InChI is InChI=1S/C11H12ClNO5S/c1-6-3-10(18-19(16)17)9(5-8(6)12)13-11(15)4-7(2)14/h3,5H,4H2,1-2H3,(H,13,15)(H,16,17)/p-1. The first-order chi connectivity index (χ1) is 8.79. The quantitative estimate of drug-likeness (QED) is 0.660. The lowest BCUT2D eigenvalue weighted by Crippen LogP contribution is -2.16. The van der Waals surface area contributed by atoms with Gasteiger partial charge in [0.15, 0.2) is 5.75 Å². The Balaban J connectivity index is 3.03. The lowest BCUT2D eigenvalue weighted by molar-refractivity contribution is -0.124. The Morgan fingerprint density at radius 3 is 2.63 bits per heavy atom. The van der Waals surface area contributed by atoms with E-state index in [0.717, 1.165) is 0 Å². The van der Waals surface area contributed by atoms with Crippen molar-refractivity contribution in [3.8, 4) is 5.75 Å². The van der Waals surface area contributed by atoms with Gasteiger partial charge in [0, 0.05) is 5.02 Å². The third-order valence-electron chi connectivity index (χ3n) is 2.10. The van der Waals surface area contributed by atoms with E-state index in [1.165, 1.54) is 19.1 Å². The average molecular weight is 305 g/mol. The fourth-order valence-corrected chi connectivity index (χ4v) is 1.76. The van der Waals surface area contributed by atoms with Gasteiger partial charge in [-0.05, 0) is 31.5 Å². The second kappa shape index (κ2) is 6.65. The molecule has 1 rings (SSSR count). The molecule has 8 heteroatoms. The van der Waals surface area contributed by atoms with Crippen LogP contribution in [-0.4, -0.2) is 20.5 Å². The van der Waals surface area contributed by atoms with Crippen LogP contribution in [0.4, 0.5) is 5.69 Å². The van der Waals surface area contributed by atoms with Crippen LogP contribution in [0, 0.1) is 6.92 Å². The highest BCUT2D eigenvalue weighted by molar-refractivity contribution is 7.74. The summed E-state index contributed by atoms with van der Waals surface area (Å²) in [5, 5.41) is 2.71. The van der Waals surface area contributed by atoms with Gasteiger partial charge in [-0.15, -0.1) is 0 Å². The molecule has 0 saturated heterocycles. The summed E-state index contributed by atoms with van der Waals surface area (Å²) in [4.78, 5) is 22.3. The van der Waals surface area contributed by atoms with Crippen LogP contribution >= 0.6 is 11.6 Å². The van der Waals surface area contributed by atoms with Crippen molar-refractivity contribution in [2.45, 2.75) is 20.3 Å². The highest BCUT2D eigenvalue weighted by Crippen LogP contribution is 2.31. The van der Waals surface area contributed by atoms with Crippen LogP contribution in [0.25, 0.3) is 0 Å². The number of aryl methyl sites for hydroxylation is 1. The molecule has 0 fully saturated rings. The number of nitrogens with one attached hydrogen (secondary N) is 1. The molecule has 0 saturated carbocycles. The molecular formula is C11H11ClNO5S-. The van der Waals surface area contributed by atoms with E-state index < -0.39 is 17.3 Å². The lowest BCUT2D eigenvalue weighted by atomic mass is 10.2. The van der Waals surface area contributed by atoms with E-state index in [9.17, 15) is 18.4 Å². The van der Waals surface area contributed by atoms with Crippen LogP contribution in [-0.2, 0) is 21.0 Å². The van der Waals surface area contributed by atoms with Gasteiger partial charge in [-0.2, -0.15) is 0 Å². The first kappa shape index (κ1) is 15.6. The SMILES string of the molecule is CC(=O)CC(=O)Nc1cc(Cl)c(C)cc1OS(=O)[O-]. The van der Waals surface area contributed by atoms with E-state index in [2.05, 4.69) is 9.50 Å². The molecular weight excluding hydrogens is 294 g/mol. The molecule has 1 N–H and O–H groups in total. The van der Waals surface area contributed by atoms with E-state index in [1.54, 1.807) is 6.92 Å². The van der Waals surface area contributed by atoms with E-state index in [0.29, 0.717) is 10.6 Å². The van der Waals surface area contributed by atoms with Crippen molar-refractivity contribution in [2.75, 3.05) is 5.32 Å². The van der Waals surface area contributed by atoms with Crippen LogP contribution in [0.5, 0.6) is 5.75 Å². The number of Topliss-reactive ketones (excluding diaryl/α,β-unsaturated/α-hetero) is 1. The van der Waals surface area contributed by atoms with Crippen molar-refractivity contribution in [1.82, 2.24) is 0 Å². The summed E-state index contributed by atoms with van der Waals surface area (Å²) in [6.07, 6.45) is -0.314. The van der Waals surface area contributed by atoms with Gasteiger partial charge >= 0.3 is 0 Å². The lowest BCUT2D eigenvalue weighted by Gasteiger charge is -2.14. The number of rotatable bonds is 5. The molecule has 19 heavy (non-hydrogen) atoms. The Hall–Kier alpha value is -1.44. The number of carbonyl (C=O) groups is 2. The second-order valence-electron chi connectivity index (χ2n) is 3.81. The summed E-state index contributed by atoms with van der Waals surface area (Å²) in [5.74, 6) is -0.952. The Labute approximate surface area is 117 Å². The van der Waals surface area contributed by atoms with E-state index >= 15 is 0 Å². The summed E-state index contributed by atoms with van der Waals surface area (Å²) in [7, 11) is 0. The maximum Gasteiger partial charge on any atom is 0.231 e. The van der Waals surface area contributed by atoms with Crippen molar-refractivity contribution in [2.24, 2.45) is 0 Å². The van der Waals surface area contributed by atoms with Crippen molar-refractivity contribution >= 4 is 40.3 Å². The minimum absolute atomic E-state index is 0.0628. The maximum atomic E-state index is 11.5. The largest absolute Gasteiger partial charge is 0.740 e. The Kier molecular flexibility index (Phi) is 5.46. The number of benzene rings is 1. The van der Waals surface area contributed by atoms with Crippen molar-refractivity contribution in [3.63, 3.8) is 0 Å². The molecule has 0 aliphatic heterocycles. The third-order valence-corrected chi connectivity index (χ3v) is 2.83. The zero-order chi connectivity index (χ0) is 14.6. The number of anilines is 1. The van der Waals surface area contributed by atoms with E-state index in [4.69, 9.17) is 11.6 Å². The molecule has 1 unspecified atom stereocenters. The van der Waals surface area contributed by atoms with Gasteiger partial charge in [0.1, 0.15) is 17.1 Å². The molecule has 0 aliphatic rings. The molecule has 1 aromatic carbocycles. The first-order valence-corrected chi connectivity index (χ1v) is 6.54. The minimum atomic E-state index is -2.78. The molecule has 104 valence electrons.